The van der Waals surface area contributed by atoms with E-state index in [2.05, 4.69) is 11.7 Å². The van der Waals surface area contributed by atoms with E-state index in [0.29, 0.717) is 11.3 Å². The molecule has 2 aliphatic rings. The molecule has 0 bridgehead atoms. The van der Waals surface area contributed by atoms with E-state index in [4.69, 9.17) is 0 Å². The third kappa shape index (κ3) is 3.92. The molecule has 0 spiro atoms. The summed E-state index contributed by atoms with van der Waals surface area (Å²) in [4.78, 5) is 0. The minimum atomic E-state index is -4.91. The first-order chi connectivity index (χ1) is 12.8. The van der Waals surface area contributed by atoms with Crippen LogP contribution in [0.25, 0.3) is 10.8 Å². The SMILES string of the molecule is CC1CCC2CC(c3ccc4c(OC(F)(F)F)c(F)ccc4c3)CCC2C1. The van der Waals surface area contributed by atoms with Crippen molar-refractivity contribution in [1.29, 1.82) is 0 Å². The van der Waals surface area contributed by atoms with E-state index >= 15 is 0 Å². The minimum Gasteiger partial charge on any atom is -0.402 e. The number of alkyl halides is 3. The third-order valence-electron chi connectivity index (χ3n) is 6.51. The fourth-order valence-corrected chi connectivity index (χ4v) is 5.19. The van der Waals surface area contributed by atoms with E-state index in [0.717, 1.165) is 42.2 Å². The van der Waals surface area contributed by atoms with E-state index in [1.54, 1.807) is 6.07 Å². The number of fused-ring (bicyclic) bond motifs is 2. The van der Waals surface area contributed by atoms with Gasteiger partial charge in [0.25, 0.3) is 0 Å². The smallest absolute Gasteiger partial charge is 0.402 e. The zero-order chi connectivity index (χ0) is 19.2. The Bertz CT molecular complexity index is 829. The fourth-order valence-electron chi connectivity index (χ4n) is 5.19. The van der Waals surface area contributed by atoms with Gasteiger partial charge < -0.3 is 4.74 Å². The van der Waals surface area contributed by atoms with Gasteiger partial charge in [-0.15, -0.1) is 13.2 Å². The Morgan fingerprint density at radius 2 is 1.67 bits per heavy atom. The maximum Gasteiger partial charge on any atom is 0.573 e. The van der Waals surface area contributed by atoms with Crippen LogP contribution in [-0.2, 0) is 0 Å². The van der Waals surface area contributed by atoms with Crippen LogP contribution in [-0.4, -0.2) is 6.36 Å². The second kappa shape index (κ2) is 6.99. The van der Waals surface area contributed by atoms with Crippen molar-refractivity contribution in [3.05, 3.63) is 41.7 Å². The highest BCUT2D eigenvalue weighted by Crippen LogP contribution is 2.48. The maximum absolute atomic E-state index is 13.9. The first-order valence-corrected chi connectivity index (χ1v) is 9.78. The van der Waals surface area contributed by atoms with Crippen molar-refractivity contribution in [2.75, 3.05) is 0 Å². The molecule has 2 aliphatic carbocycles. The van der Waals surface area contributed by atoms with Crippen LogP contribution in [0.2, 0.25) is 0 Å². The molecule has 2 fully saturated rings. The van der Waals surface area contributed by atoms with Gasteiger partial charge in [0.05, 0.1) is 0 Å². The summed E-state index contributed by atoms with van der Waals surface area (Å²) in [6.45, 7) is 2.34. The molecule has 146 valence electrons. The molecule has 4 unspecified atom stereocenters. The molecule has 0 radical (unpaired) electrons. The lowest BCUT2D eigenvalue weighted by molar-refractivity contribution is -0.275. The monoisotopic (exact) mass is 380 g/mol. The van der Waals surface area contributed by atoms with Crippen molar-refractivity contribution < 1.29 is 22.3 Å². The Morgan fingerprint density at radius 1 is 0.926 bits per heavy atom. The summed E-state index contributed by atoms with van der Waals surface area (Å²) < 4.78 is 55.7. The molecule has 0 aliphatic heterocycles. The zero-order valence-corrected chi connectivity index (χ0v) is 15.4. The van der Waals surface area contributed by atoms with Crippen LogP contribution in [0, 0.1) is 23.6 Å². The predicted molar refractivity (Wildman–Crippen MR) is 97.2 cm³/mol. The molecule has 2 saturated carbocycles. The summed E-state index contributed by atoms with van der Waals surface area (Å²) >= 11 is 0. The average Bonchev–Trinajstić information content (AvgIpc) is 2.62. The molecule has 4 rings (SSSR count). The van der Waals surface area contributed by atoms with Crippen molar-refractivity contribution in [2.24, 2.45) is 17.8 Å². The topological polar surface area (TPSA) is 9.23 Å². The summed E-state index contributed by atoms with van der Waals surface area (Å²) in [5, 5.41) is 0.754. The molecular weight excluding hydrogens is 356 g/mol. The molecule has 2 aromatic rings. The molecule has 2 aromatic carbocycles. The molecule has 0 N–H and O–H groups in total. The molecule has 27 heavy (non-hydrogen) atoms. The molecule has 0 aromatic heterocycles. The standard InChI is InChI=1S/C22H24F4O/c1-13-2-3-15-11-16(5-4-14(15)10-13)17-6-8-19-18(12-17)7-9-20(23)21(19)27-22(24,25)26/h6-9,12-16H,2-5,10-11H2,1H3. The lowest BCUT2D eigenvalue weighted by atomic mass is 9.64. The van der Waals surface area contributed by atoms with Crippen LogP contribution in [0.4, 0.5) is 17.6 Å². The van der Waals surface area contributed by atoms with Crippen molar-refractivity contribution in [3.63, 3.8) is 0 Å². The van der Waals surface area contributed by atoms with E-state index in [9.17, 15) is 17.6 Å². The highest BCUT2D eigenvalue weighted by Gasteiger charge is 2.35. The molecule has 0 amide bonds. The van der Waals surface area contributed by atoms with Gasteiger partial charge in [0.1, 0.15) is 0 Å². The van der Waals surface area contributed by atoms with Gasteiger partial charge in [-0.1, -0.05) is 37.6 Å². The number of hydrogen-bond acceptors (Lipinski definition) is 1. The van der Waals surface area contributed by atoms with E-state index in [1.165, 1.54) is 31.7 Å². The van der Waals surface area contributed by atoms with Gasteiger partial charge >= 0.3 is 6.36 Å². The Kier molecular flexibility index (Phi) is 4.81. The number of ether oxygens (including phenoxy) is 1. The van der Waals surface area contributed by atoms with E-state index in [1.807, 2.05) is 12.1 Å². The Morgan fingerprint density at radius 3 is 2.44 bits per heavy atom. The summed E-state index contributed by atoms with van der Waals surface area (Å²) in [6, 6.07) is 7.91. The van der Waals surface area contributed by atoms with Crippen molar-refractivity contribution in [3.8, 4) is 5.75 Å². The highest BCUT2D eigenvalue weighted by molar-refractivity contribution is 5.89. The maximum atomic E-state index is 13.9. The quantitative estimate of drug-likeness (QED) is 0.501. The Balaban J connectivity index is 1.60. The first kappa shape index (κ1) is 18.6. The van der Waals surface area contributed by atoms with Gasteiger partial charge in [-0.25, -0.2) is 4.39 Å². The van der Waals surface area contributed by atoms with Gasteiger partial charge in [-0.05, 0) is 72.8 Å². The molecule has 5 heteroatoms. The van der Waals surface area contributed by atoms with Crippen LogP contribution >= 0.6 is 0 Å². The van der Waals surface area contributed by atoms with Crippen LogP contribution < -0.4 is 4.74 Å². The summed E-state index contributed by atoms with van der Waals surface area (Å²) in [7, 11) is 0. The van der Waals surface area contributed by atoms with Gasteiger partial charge in [0.2, 0.25) is 0 Å². The number of rotatable bonds is 2. The largest absolute Gasteiger partial charge is 0.573 e. The molecule has 0 saturated heterocycles. The Labute approximate surface area is 156 Å². The minimum absolute atomic E-state index is 0.163. The lowest BCUT2D eigenvalue weighted by Gasteiger charge is -2.41. The van der Waals surface area contributed by atoms with E-state index < -0.39 is 17.9 Å². The number of benzene rings is 2. The number of hydrogen-bond donors (Lipinski definition) is 0. The van der Waals surface area contributed by atoms with Crippen LogP contribution in [0.15, 0.2) is 30.3 Å². The third-order valence-corrected chi connectivity index (χ3v) is 6.51. The number of halogens is 4. The Hall–Kier alpha value is -1.78. The summed E-state index contributed by atoms with van der Waals surface area (Å²) in [5.41, 5.74) is 1.14. The average molecular weight is 380 g/mol. The van der Waals surface area contributed by atoms with Gasteiger partial charge in [0, 0.05) is 5.39 Å². The first-order valence-electron chi connectivity index (χ1n) is 9.78. The van der Waals surface area contributed by atoms with Crippen LogP contribution in [0.5, 0.6) is 5.75 Å². The molecule has 4 atom stereocenters. The highest BCUT2D eigenvalue weighted by atomic mass is 19.4. The van der Waals surface area contributed by atoms with Gasteiger partial charge in [-0.2, -0.15) is 0 Å². The molecular formula is C22H24F4O. The van der Waals surface area contributed by atoms with Crippen LogP contribution in [0.1, 0.15) is 56.9 Å². The summed E-state index contributed by atoms with van der Waals surface area (Å²) in [6.07, 6.45) is 2.48. The van der Waals surface area contributed by atoms with Gasteiger partial charge in [0.15, 0.2) is 11.6 Å². The molecule has 0 heterocycles. The lowest BCUT2D eigenvalue weighted by Crippen LogP contribution is -2.29. The van der Waals surface area contributed by atoms with Crippen molar-refractivity contribution in [1.82, 2.24) is 0 Å². The fraction of sp³-hybridized carbons (Fsp3) is 0.545. The van der Waals surface area contributed by atoms with Gasteiger partial charge in [-0.3, -0.25) is 0 Å². The normalized spacial score (nSPS) is 28.8. The van der Waals surface area contributed by atoms with Crippen LogP contribution in [0.3, 0.4) is 0 Å². The predicted octanol–water partition coefficient (Wildman–Crippen LogP) is 7.20. The van der Waals surface area contributed by atoms with Crippen molar-refractivity contribution >= 4 is 10.8 Å². The van der Waals surface area contributed by atoms with Crippen molar-refractivity contribution in [2.45, 2.75) is 57.7 Å². The zero-order valence-electron chi connectivity index (χ0n) is 15.4. The second-order valence-electron chi connectivity index (χ2n) is 8.35. The second-order valence-corrected chi connectivity index (χ2v) is 8.35. The van der Waals surface area contributed by atoms with E-state index in [-0.39, 0.29) is 5.39 Å². The summed E-state index contributed by atoms with van der Waals surface area (Å²) in [5.74, 6) is 1.10. The molecule has 1 nitrogen and oxygen atoms in total.